The van der Waals surface area contributed by atoms with Crippen molar-refractivity contribution in [2.45, 2.75) is 166 Å². The second-order valence-corrected chi connectivity index (χ2v) is 17.2. The summed E-state index contributed by atoms with van der Waals surface area (Å²) in [5, 5.41) is 3.90. The average Bonchev–Trinajstić information content (AvgIpc) is 3.11. The minimum Gasteiger partial charge on any atom is -0.744 e. The molecule has 0 unspecified atom stereocenters. The van der Waals surface area contributed by atoms with Gasteiger partial charge in [0.1, 0.15) is 20.2 Å². The predicted molar refractivity (Wildman–Crippen MR) is 221 cm³/mol. The van der Waals surface area contributed by atoms with Gasteiger partial charge in [-0.3, -0.25) is 0 Å². The van der Waals surface area contributed by atoms with Crippen LogP contribution in [0.2, 0.25) is 0 Å². The first-order valence-electron chi connectivity index (χ1n) is 19.9. The Hall–Kier alpha value is -1.52. The smallest absolute Gasteiger partial charge is 0.744 e. The molecule has 0 bridgehead atoms. The molecule has 0 radical (unpaired) electrons. The van der Waals surface area contributed by atoms with Crippen LogP contribution in [0.1, 0.15) is 153 Å². The summed E-state index contributed by atoms with van der Waals surface area (Å²) in [6.07, 6.45) is 22.2. The third kappa shape index (κ3) is 16.6. The Bertz CT molecular complexity index is 1770. The van der Waals surface area contributed by atoms with Crippen molar-refractivity contribution < 1.29 is 25.9 Å². The molecule has 0 N–H and O–H groups in total. The number of rotatable bonds is 22. The SMILES string of the molecule is CCCCCCc1ccc2c(CCCCCC)cc(S(=O)(=O)[O-])cc2c1.CCCCCCc1ccc2c(CCCCCC)cc(S(=O)(=O)[O-])cc2c1.[Ca+2]. The standard InChI is InChI=1S/2C22H32O3S.Ca/c2*1-3-5-7-9-11-18-13-14-22-19(12-10-8-6-4-2)16-21(26(23,24)25)17-20(22)15-18;/h2*13-17H,3-12H2,1-2H3,(H,23,24,25);/q;;+2/p-2. The normalized spacial score (nSPS) is 11.7. The molecule has 0 amide bonds. The Balaban J connectivity index is 0.000000360. The number of fused-ring (bicyclic) bond motifs is 2. The van der Waals surface area contributed by atoms with Crippen molar-refractivity contribution in [2.75, 3.05) is 0 Å². The van der Waals surface area contributed by atoms with Crippen LogP contribution in [0.25, 0.3) is 21.5 Å². The Labute approximate surface area is 351 Å². The van der Waals surface area contributed by atoms with Crippen molar-refractivity contribution in [1.29, 1.82) is 0 Å². The third-order valence-corrected chi connectivity index (χ3v) is 11.6. The van der Waals surface area contributed by atoms with E-state index in [4.69, 9.17) is 0 Å². The van der Waals surface area contributed by atoms with Crippen LogP contribution in [0.5, 0.6) is 0 Å². The summed E-state index contributed by atoms with van der Waals surface area (Å²) in [5.41, 5.74) is 4.38. The van der Waals surface area contributed by atoms with Gasteiger partial charge in [-0.15, -0.1) is 0 Å². The van der Waals surface area contributed by atoms with Crippen LogP contribution in [0.15, 0.2) is 70.5 Å². The van der Waals surface area contributed by atoms with Gasteiger partial charge in [0, 0.05) is 0 Å². The molecule has 288 valence electrons. The molecule has 0 saturated carbocycles. The number of unbranched alkanes of at least 4 members (excludes halogenated alkanes) is 12. The van der Waals surface area contributed by atoms with Crippen molar-refractivity contribution in [3.63, 3.8) is 0 Å². The van der Waals surface area contributed by atoms with Crippen LogP contribution in [-0.4, -0.2) is 63.7 Å². The monoisotopic (exact) mass is 790 g/mol. The molecule has 0 aliphatic rings. The third-order valence-electron chi connectivity index (χ3n) is 9.97. The molecule has 6 nitrogen and oxygen atoms in total. The van der Waals surface area contributed by atoms with Crippen LogP contribution in [0.4, 0.5) is 0 Å². The summed E-state index contributed by atoms with van der Waals surface area (Å²) < 4.78 is 69.5. The molecular formula is C44H62CaO6S2. The van der Waals surface area contributed by atoms with Gasteiger partial charge in [0.2, 0.25) is 0 Å². The van der Waals surface area contributed by atoms with E-state index in [9.17, 15) is 25.9 Å². The van der Waals surface area contributed by atoms with Gasteiger partial charge in [0.05, 0.1) is 9.79 Å². The quantitative estimate of drug-likeness (QED) is 0.0445. The van der Waals surface area contributed by atoms with E-state index in [0.717, 1.165) is 110 Å². The minimum atomic E-state index is -4.44. The molecule has 0 atom stereocenters. The number of aryl methyl sites for hydroxylation is 4. The van der Waals surface area contributed by atoms with Gasteiger partial charge in [-0.2, -0.15) is 0 Å². The van der Waals surface area contributed by atoms with E-state index in [1.165, 1.54) is 62.5 Å². The fourth-order valence-corrected chi connectivity index (χ4v) is 8.06. The Kier molecular flexibility index (Phi) is 22.4. The molecule has 53 heavy (non-hydrogen) atoms. The minimum absolute atomic E-state index is 0. The first-order valence-corrected chi connectivity index (χ1v) is 22.8. The summed E-state index contributed by atoms with van der Waals surface area (Å²) in [6.45, 7) is 8.73. The zero-order valence-corrected chi connectivity index (χ0v) is 36.7. The van der Waals surface area contributed by atoms with Crippen LogP contribution in [0, 0.1) is 0 Å². The maximum absolute atomic E-state index is 11.6. The second kappa shape index (κ2) is 24.9. The maximum atomic E-state index is 11.6. The van der Waals surface area contributed by atoms with Crippen LogP contribution in [0.3, 0.4) is 0 Å². The van der Waals surface area contributed by atoms with Crippen molar-refractivity contribution in [2.24, 2.45) is 0 Å². The van der Waals surface area contributed by atoms with Crippen molar-refractivity contribution >= 4 is 79.5 Å². The Morgan fingerprint density at radius 1 is 0.415 bits per heavy atom. The number of benzene rings is 4. The van der Waals surface area contributed by atoms with E-state index >= 15 is 0 Å². The van der Waals surface area contributed by atoms with E-state index in [-0.39, 0.29) is 47.5 Å². The summed E-state index contributed by atoms with van der Waals surface area (Å²) in [5.74, 6) is 0. The molecule has 0 fully saturated rings. The van der Waals surface area contributed by atoms with Crippen molar-refractivity contribution in [3.05, 3.63) is 82.9 Å². The summed E-state index contributed by atoms with van der Waals surface area (Å²) in [6, 6.07) is 18.9. The van der Waals surface area contributed by atoms with E-state index < -0.39 is 20.2 Å². The first kappa shape index (κ1) is 47.6. The number of hydrogen-bond donors (Lipinski definition) is 0. The zero-order chi connectivity index (χ0) is 38.0. The van der Waals surface area contributed by atoms with E-state index in [0.29, 0.717) is 0 Å². The molecule has 4 rings (SSSR count). The van der Waals surface area contributed by atoms with E-state index in [1.807, 2.05) is 0 Å². The molecular weight excluding hydrogens is 729 g/mol. The van der Waals surface area contributed by atoms with Gasteiger partial charge in [-0.25, -0.2) is 16.8 Å². The molecule has 0 saturated heterocycles. The maximum Gasteiger partial charge on any atom is 2.00 e. The van der Waals surface area contributed by atoms with Crippen LogP contribution < -0.4 is 0 Å². The van der Waals surface area contributed by atoms with Crippen LogP contribution >= 0.6 is 0 Å². The summed E-state index contributed by atoms with van der Waals surface area (Å²) >= 11 is 0. The summed E-state index contributed by atoms with van der Waals surface area (Å²) in [4.78, 5) is -0.197. The predicted octanol–water partition coefficient (Wildman–Crippen LogP) is 11.6. The molecule has 4 aromatic rings. The first-order chi connectivity index (χ1) is 24.9. The van der Waals surface area contributed by atoms with Gasteiger partial charge < -0.3 is 9.11 Å². The van der Waals surface area contributed by atoms with Gasteiger partial charge >= 0.3 is 37.7 Å². The van der Waals surface area contributed by atoms with Crippen molar-refractivity contribution in [3.8, 4) is 0 Å². The largest absolute Gasteiger partial charge is 2.00 e. The van der Waals surface area contributed by atoms with Gasteiger partial charge in [0.25, 0.3) is 0 Å². The van der Waals surface area contributed by atoms with Gasteiger partial charge in [0.15, 0.2) is 0 Å². The van der Waals surface area contributed by atoms with Gasteiger partial charge in [-0.05, 0) is 119 Å². The van der Waals surface area contributed by atoms with Crippen molar-refractivity contribution in [1.82, 2.24) is 0 Å². The Morgan fingerprint density at radius 2 is 0.736 bits per heavy atom. The average molecular weight is 791 g/mol. The molecule has 0 aliphatic heterocycles. The fourth-order valence-electron chi connectivity index (χ4n) is 6.95. The Morgan fingerprint density at radius 3 is 1.04 bits per heavy atom. The molecule has 0 spiro atoms. The second-order valence-electron chi connectivity index (χ2n) is 14.4. The van der Waals surface area contributed by atoms with Gasteiger partial charge in [-0.1, -0.05) is 141 Å². The molecule has 0 aromatic heterocycles. The topological polar surface area (TPSA) is 114 Å². The fraction of sp³-hybridized carbons (Fsp3) is 0.545. The number of hydrogen-bond acceptors (Lipinski definition) is 6. The molecule has 0 aliphatic carbocycles. The van der Waals surface area contributed by atoms with E-state index in [1.54, 1.807) is 24.3 Å². The molecule has 4 aromatic carbocycles. The van der Waals surface area contributed by atoms with E-state index in [2.05, 4.69) is 64.1 Å². The summed E-state index contributed by atoms with van der Waals surface area (Å²) in [7, 11) is -8.88. The molecule has 9 heteroatoms. The zero-order valence-electron chi connectivity index (χ0n) is 32.9. The van der Waals surface area contributed by atoms with Crippen LogP contribution in [-0.2, 0) is 45.9 Å². The molecule has 0 heterocycles.